The molecule has 32 heteroatoms. The quantitative estimate of drug-likeness (QED) is 0.0138. The second-order valence-electron chi connectivity index (χ2n) is 32.6. The number of aliphatic hydroxyl groups is 1. The Balaban J connectivity index is 1.05. The standard InChI is InChI=1S/C82H124I2N12O18/c1-19-21-25-49(10)53-26-22-27-54(36-53)70(101)51(12)87-72(102)50(11)71(112-18)60-29-24-35-94(60)65(100)39-61(111-17)69(48(9)20-2)92(15)78(108)67(46(5)6)91-75(105)68(47(7)8)93(16)80(110)114-42-52-30-32-55(33-31-52)88-73(103)59(28-23-34-86-79(85)109)89-74(104)66(45(3)4)90-62(97)43-113-56-40-95-63(98)37-57(76(95)106)81(13,83)44-82(14,84)58-38-64(99)96(41-56)77(58)107/h22,25-27,30-33,36,45-48,50-51,56-61,66-71,101H,19-21,23-24,28-29,34-35,37-44H2,1-18H3,(H,87,102)(H,88,103)(H,89,104)(H,90,97)(H,91,105)(H3,85,86,109)/b49-25+/t48-,50+,51+,56?,57?,58?,59-,60-,61+,66-,67-,68-,69-,70+,71+,81?,82?/m0/s1. The number of alkyl halides is 2. The van der Waals surface area contributed by atoms with E-state index in [1.807, 2.05) is 58.9 Å². The van der Waals surface area contributed by atoms with Crippen molar-refractivity contribution in [2.75, 3.05) is 66.4 Å². The van der Waals surface area contributed by atoms with Gasteiger partial charge in [-0.05, 0) is 130 Å². The molecule has 0 aliphatic carbocycles. The first kappa shape index (κ1) is 95.4. The van der Waals surface area contributed by atoms with Crippen LogP contribution in [0.4, 0.5) is 15.3 Å². The Bertz CT molecular complexity index is 3710. The van der Waals surface area contributed by atoms with Crippen LogP contribution in [0.5, 0.6) is 0 Å². The summed E-state index contributed by atoms with van der Waals surface area (Å²) in [5, 5.41) is 28.0. The number of ether oxygens (including phenoxy) is 4. The summed E-state index contributed by atoms with van der Waals surface area (Å²) < 4.78 is 22.4. The van der Waals surface area contributed by atoms with E-state index in [2.05, 4.69) is 90.1 Å². The van der Waals surface area contributed by atoms with E-state index in [0.29, 0.717) is 43.4 Å². The number of halogens is 2. The SMILES string of the molecule is CCC/C=C(\C)c1cccc([C@H](O)[C@@H](C)NC(=O)[C@H](C)[C@@H](OC)[C@@H]2CCCN2C(=O)C[C@@H](OC)[C@H]([C@@H](C)CC)N(C)C(=O)[C@@H](NC(=O)[C@H](C(C)C)N(C)C(=O)OCc2ccc(NC(=O)[C@H](CCCNC(N)=O)NC(=O)[C@@H](NC(=O)COC3CN4C(=O)CC(C4=O)C(C)(I)CC(C)(I)C4CC(=O)N(C3)C4=O)C(C)C)cc2)C(C)C)c1. The zero-order valence-electron chi connectivity index (χ0n) is 69.6. The number of benzene rings is 2. The zero-order chi connectivity index (χ0) is 85.1. The van der Waals surface area contributed by atoms with Crippen LogP contribution in [-0.4, -0.2) is 235 Å². The third kappa shape index (κ3) is 25.1. The summed E-state index contributed by atoms with van der Waals surface area (Å²) >= 11 is 4.33. The van der Waals surface area contributed by atoms with Gasteiger partial charge < -0.3 is 71.5 Å². The Labute approximate surface area is 699 Å². The summed E-state index contributed by atoms with van der Waals surface area (Å²) in [6.45, 7) is 24.5. The minimum atomic E-state index is -1.25. The Hall–Kier alpha value is -7.41. The van der Waals surface area contributed by atoms with Gasteiger partial charge in [0.05, 0.1) is 79.8 Å². The number of carbonyl (C=O) groups excluding carboxylic acids is 13. The van der Waals surface area contributed by atoms with E-state index in [9.17, 15) is 67.4 Å². The monoisotopic (exact) mass is 1820 g/mol. The van der Waals surface area contributed by atoms with Crippen molar-refractivity contribution < 1.29 is 86.4 Å². The molecule has 4 aliphatic heterocycles. The van der Waals surface area contributed by atoms with Crippen LogP contribution >= 0.6 is 45.2 Å². The topological polar surface area (TPSA) is 393 Å². The minimum Gasteiger partial charge on any atom is -0.445 e. The highest BCUT2D eigenvalue weighted by atomic mass is 127. The van der Waals surface area contributed by atoms with Crippen LogP contribution in [0.3, 0.4) is 0 Å². The lowest BCUT2D eigenvalue weighted by atomic mass is 9.79. The molecule has 114 heavy (non-hydrogen) atoms. The summed E-state index contributed by atoms with van der Waals surface area (Å²) in [5.74, 6) is -9.42. The maximum absolute atomic E-state index is 15.0. The van der Waals surface area contributed by atoms with E-state index in [4.69, 9.17) is 24.7 Å². The number of carbonyl (C=O) groups is 13. The number of methoxy groups -OCH3 is 2. The number of urea groups is 1. The van der Waals surface area contributed by atoms with E-state index in [-0.39, 0.29) is 81.8 Å². The molecular formula is C82H124I2N12O18. The van der Waals surface area contributed by atoms with Crippen molar-refractivity contribution in [1.82, 2.24) is 51.1 Å². The second kappa shape index (κ2) is 43.2. The fourth-order valence-corrected chi connectivity index (χ4v) is 19.1. The number of nitrogens with one attached hydrogen (secondary N) is 6. The highest BCUT2D eigenvalue weighted by Crippen LogP contribution is 2.49. The highest BCUT2D eigenvalue weighted by Gasteiger charge is 2.56. The van der Waals surface area contributed by atoms with Gasteiger partial charge in [-0.2, -0.15) is 0 Å². The number of nitrogens with two attached hydrogens (primary N) is 1. The van der Waals surface area contributed by atoms with Gasteiger partial charge >= 0.3 is 12.1 Å². The number of likely N-dealkylation sites (tertiary alicyclic amines) is 1. The fourth-order valence-electron chi connectivity index (χ4n) is 15.8. The number of fused-ring (bicyclic) bond motifs is 4. The molecule has 4 heterocycles. The molecule has 4 bridgehead atoms. The van der Waals surface area contributed by atoms with Crippen LogP contribution < -0.4 is 37.6 Å². The lowest BCUT2D eigenvalue weighted by Gasteiger charge is -2.41. The molecule has 16 atom stereocenters. The molecular weight excluding hydrogens is 1690 g/mol. The molecule has 14 amide bonds. The van der Waals surface area contributed by atoms with E-state index < -0.39 is 181 Å². The van der Waals surface area contributed by atoms with Crippen molar-refractivity contribution in [3.63, 3.8) is 0 Å². The van der Waals surface area contributed by atoms with Gasteiger partial charge in [0.2, 0.25) is 65.0 Å². The van der Waals surface area contributed by atoms with Gasteiger partial charge in [-0.25, -0.2) is 9.59 Å². The van der Waals surface area contributed by atoms with Gasteiger partial charge in [-0.3, -0.25) is 67.4 Å². The summed E-state index contributed by atoms with van der Waals surface area (Å²) in [4.78, 5) is 187. The number of imide groups is 2. The molecule has 6 rings (SSSR count). The lowest BCUT2D eigenvalue weighted by Crippen LogP contribution is -2.60. The average Bonchev–Trinajstić information content (AvgIpc) is 1.60. The molecule has 0 saturated carbocycles. The van der Waals surface area contributed by atoms with Crippen molar-refractivity contribution in [3.05, 3.63) is 71.3 Å². The number of nitrogens with zero attached hydrogens (tertiary/aromatic N) is 5. The third-order valence-corrected chi connectivity index (χ3v) is 24.9. The normalized spacial score (nSPS) is 22.9. The Morgan fingerprint density at radius 3 is 1.89 bits per heavy atom. The van der Waals surface area contributed by atoms with Gasteiger partial charge in [-0.1, -0.05) is 164 Å². The first-order valence-corrected chi connectivity index (χ1v) is 42.0. The molecule has 0 spiro atoms. The largest absolute Gasteiger partial charge is 0.445 e. The van der Waals surface area contributed by atoms with Crippen LogP contribution in [0.1, 0.15) is 190 Å². The summed E-state index contributed by atoms with van der Waals surface area (Å²) in [6.07, 6.45) is 1.75. The zero-order valence-corrected chi connectivity index (χ0v) is 73.9. The molecule has 2 aromatic carbocycles. The van der Waals surface area contributed by atoms with E-state index >= 15 is 0 Å². The van der Waals surface area contributed by atoms with Gasteiger partial charge in [0.15, 0.2) is 0 Å². The Morgan fingerprint density at radius 1 is 0.746 bits per heavy atom. The number of hydrogen-bond donors (Lipinski definition) is 8. The maximum Gasteiger partial charge on any atom is 0.410 e. The molecule has 30 nitrogen and oxygen atoms in total. The van der Waals surface area contributed by atoms with Crippen molar-refractivity contribution in [1.29, 1.82) is 0 Å². The third-order valence-electron chi connectivity index (χ3n) is 22.7. The Morgan fingerprint density at radius 2 is 1.35 bits per heavy atom. The van der Waals surface area contributed by atoms with E-state index in [1.54, 1.807) is 96.5 Å². The lowest BCUT2D eigenvalue weighted by molar-refractivity contribution is -0.148. The number of amides is 14. The predicted molar refractivity (Wildman–Crippen MR) is 446 cm³/mol. The highest BCUT2D eigenvalue weighted by molar-refractivity contribution is 14.1. The minimum absolute atomic E-state index is 0.00991. The summed E-state index contributed by atoms with van der Waals surface area (Å²) in [5.41, 5.74) is 8.83. The molecule has 4 unspecified atom stereocenters. The first-order chi connectivity index (χ1) is 53.5. The van der Waals surface area contributed by atoms with Crippen LogP contribution in [0, 0.1) is 41.4 Å². The number of unbranched alkanes of at least 4 members (excludes halogenated alkanes) is 1. The molecule has 634 valence electrons. The molecule has 0 radical (unpaired) electrons. The van der Waals surface area contributed by atoms with Crippen LogP contribution in [0.25, 0.3) is 5.57 Å². The summed E-state index contributed by atoms with van der Waals surface area (Å²) in [7, 11) is 6.06. The number of anilines is 1. The van der Waals surface area contributed by atoms with Crippen molar-refractivity contribution in [2.45, 2.75) is 248 Å². The fraction of sp³-hybridized carbons (Fsp3) is 0.671. The van der Waals surface area contributed by atoms with Gasteiger partial charge in [0.25, 0.3) is 0 Å². The van der Waals surface area contributed by atoms with Crippen LogP contribution in [0.15, 0.2) is 54.6 Å². The van der Waals surface area contributed by atoms with Gasteiger partial charge in [0, 0.05) is 66.8 Å². The van der Waals surface area contributed by atoms with Crippen LogP contribution in [-0.2, 0) is 78.3 Å². The predicted octanol–water partition coefficient (Wildman–Crippen LogP) is 7.72. The molecule has 2 aromatic rings. The average molecular weight is 1820 g/mol. The molecule has 9 N–H and O–H groups in total. The molecule has 0 aromatic heterocycles. The van der Waals surface area contributed by atoms with E-state index in [1.165, 1.54) is 21.3 Å². The first-order valence-electron chi connectivity index (χ1n) is 39.8. The molecule has 4 saturated heterocycles. The smallest absolute Gasteiger partial charge is 0.410 e. The van der Waals surface area contributed by atoms with Crippen molar-refractivity contribution >= 4 is 134 Å². The summed E-state index contributed by atoms with van der Waals surface area (Å²) in [6, 6.07) is 6.64. The number of likely N-dealkylation sites (N-methyl/N-ethyl adjacent to an activating group) is 2. The molecule has 4 fully saturated rings. The number of hydrogen-bond acceptors (Lipinski definition) is 18. The van der Waals surface area contributed by atoms with Crippen molar-refractivity contribution in [3.8, 4) is 0 Å². The number of allylic oxidation sites excluding steroid dienone is 2. The van der Waals surface area contributed by atoms with Gasteiger partial charge in [-0.15, -0.1) is 0 Å². The molecule has 4 aliphatic rings. The van der Waals surface area contributed by atoms with Crippen molar-refractivity contribution in [2.24, 2.45) is 47.2 Å². The van der Waals surface area contributed by atoms with E-state index in [0.717, 1.165) is 38.7 Å². The number of rotatable bonds is 38. The Kier molecular flexibility index (Phi) is 36.1. The van der Waals surface area contributed by atoms with Crippen LogP contribution in [0.2, 0.25) is 0 Å². The number of primary amides is 1. The second-order valence-corrected chi connectivity index (χ2v) is 37.5. The maximum atomic E-state index is 15.0. The van der Waals surface area contributed by atoms with Gasteiger partial charge in [0.1, 0.15) is 37.4 Å². The number of aliphatic hydroxyl groups excluding tert-OH is 1.